The predicted molar refractivity (Wildman–Crippen MR) is 84.7 cm³/mol. The molecule has 1 aromatic carbocycles. The molecule has 0 spiro atoms. The summed E-state index contributed by atoms with van der Waals surface area (Å²) in [5.41, 5.74) is -0.653. The number of nitrogens with one attached hydrogen (secondary N) is 1. The van der Waals surface area contributed by atoms with Crippen molar-refractivity contribution in [3.05, 3.63) is 52.2 Å². The summed E-state index contributed by atoms with van der Waals surface area (Å²) in [4.78, 5) is 1.12. The Kier molecular flexibility index (Phi) is 4.92. The summed E-state index contributed by atoms with van der Waals surface area (Å²) in [6.07, 6.45) is -2.42. The third kappa shape index (κ3) is 4.06. The molecule has 23 heavy (non-hydrogen) atoms. The van der Waals surface area contributed by atoms with Crippen molar-refractivity contribution in [3.8, 4) is 5.75 Å². The Balaban J connectivity index is 1.78. The van der Waals surface area contributed by atoms with Gasteiger partial charge in [-0.15, -0.1) is 11.3 Å². The van der Waals surface area contributed by atoms with Gasteiger partial charge in [-0.2, -0.15) is 13.2 Å². The van der Waals surface area contributed by atoms with Crippen LogP contribution in [0.25, 0.3) is 0 Å². The number of benzene rings is 1. The maximum atomic E-state index is 12.7. The van der Waals surface area contributed by atoms with Crippen molar-refractivity contribution >= 4 is 11.3 Å². The van der Waals surface area contributed by atoms with Crippen molar-refractivity contribution in [3.63, 3.8) is 0 Å². The van der Waals surface area contributed by atoms with E-state index in [0.29, 0.717) is 11.7 Å². The minimum atomic E-state index is -4.32. The number of piperidine rings is 1. The summed E-state index contributed by atoms with van der Waals surface area (Å²) in [7, 11) is 0. The van der Waals surface area contributed by atoms with Crippen molar-refractivity contribution in [1.29, 1.82) is 0 Å². The van der Waals surface area contributed by atoms with Gasteiger partial charge in [-0.1, -0.05) is 6.07 Å². The lowest BCUT2D eigenvalue weighted by atomic mass is 9.91. The standard InChI is InChI=1S/C17H18F3NOS/c18-17(19,20)13-3-5-14(6-4-13)22-16(15-2-1-11-23-15)12-7-9-21-10-8-12/h1-6,11-12,16,21H,7-10H2. The van der Waals surface area contributed by atoms with Crippen LogP contribution in [0.15, 0.2) is 41.8 Å². The molecule has 1 saturated heterocycles. The fraction of sp³-hybridized carbons (Fsp3) is 0.412. The highest BCUT2D eigenvalue weighted by molar-refractivity contribution is 7.10. The molecule has 1 unspecified atom stereocenters. The van der Waals surface area contributed by atoms with E-state index < -0.39 is 11.7 Å². The number of hydrogen-bond acceptors (Lipinski definition) is 3. The molecule has 1 atom stereocenters. The summed E-state index contributed by atoms with van der Waals surface area (Å²) in [6, 6.07) is 8.97. The normalized spacial score (nSPS) is 17.9. The van der Waals surface area contributed by atoms with Crippen molar-refractivity contribution in [2.45, 2.75) is 25.1 Å². The SMILES string of the molecule is FC(F)(F)c1ccc(OC(c2cccs2)C2CCNCC2)cc1. The minimum Gasteiger partial charge on any atom is -0.485 e. The van der Waals surface area contributed by atoms with Crippen LogP contribution in [-0.2, 0) is 6.18 Å². The summed E-state index contributed by atoms with van der Waals surface area (Å²) >= 11 is 1.63. The van der Waals surface area contributed by atoms with E-state index in [2.05, 4.69) is 5.32 Å². The molecule has 1 N–H and O–H groups in total. The molecular weight excluding hydrogens is 323 g/mol. The summed E-state index contributed by atoms with van der Waals surface area (Å²) < 4.78 is 44.0. The van der Waals surface area contributed by atoms with Crippen molar-refractivity contribution in [2.75, 3.05) is 13.1 Å². The van der Waals surface area contributed by atoms with E-state index in [-0.39, 0.29) is 6.10 Å². The van der Waals surface area contributed by atoms with E-state index in [0.717, 1.165) is 42.9 Å². The molecule has 124 valence electrons. The Morgan fingerprint density at radius 1 is 1.09 bits per heavy atom. The van der Waals surface area contributed by atoms with E-state index in [1.54, 1.807) is 11.3 Å². The monoisotopic (exact) mass is 341 g/mol. The van der Waals surface area contributed by atoms with Gasteiger partial charge in [0.05, 0.1) is 5.56 Å². The van der Waals surface area contributed by atoms with Gasteiger partial charge in [-0.05, 0) is 61.6 Å². The highest BCUT2D eigenvalue weighted by Crippen LogP contribution is 2.37. The maximum Gasteiger partial charge on any atom is 0.416 e. The maximum absolute atomic E-state index is 12.7. The van der Waals surface area contributed by atoms with Crippen LogP contribution in [0.3, 0.4) is 0 Å². The lowest BCUT2D eigenvalue weighted by molar-refractivity contribution is -0.137. The van der Waals surface area contributed by atoms with Crippen LogP contribution in [0.1, 0.15) is 29.4 Å². The van der Waals surface area contributed by atoms with Crippen molar-refractivity contribution < 1.29 is 17.9 Å². The van der Waals surface area contributed by atoms with Crippen LogP contribution < -0.4 is 10.1 Å². The van der Waals surface area contributed by atoms with Gasteiger partial charge < -0.3 is 10.1 Å². The fourth-order valence-electron chi connectivity index (χ4n) is 2.86. The molecule has 1 fully saturated rings. The van der Waals surface area contributed by atoms with Gasteiger partial charge in [0.1, 0.15) is 11.9 Å². The topological polar surface area (TPSA) is 21.3 Å². The molecule has 1 aliphatic heterocycles. The van der Waals surface area contributed by atoms with Gasteiger partial charge in [-0.3, -0.25) is 0 Å². The molecule has 3 rings (SSSR count). The second-order valence-corrected chi connectivity index (χ2v) is 6.64. The third-order valence-electron chi connectivity index (χ3n) is 4.08. The number of hydrogen-bond donors (Lipinski definition) is 1. The molecule has 0 saturated carbocycles. The number of rotatable bonds is 4. The van der Waals surface area contributed by atoms with Crippen LogP contribution in [0, 0.1) is 5.92 Å². The van der Waals surface area contributed by atoms with Gasteiger partial charge >= 0.3 is 6.18 Å². The summed E-state index contributed by atoms with van der Waals surface area (Å²) in [5.74, 6) is 0.854. The zero-order valence-corrected chi connectivity index (χ0v) is 13.3. The minimum absolute atomic E-state index is 0.103. The van der Waals surface area contributed by atoms with Gasteiger partial charge in [0.2, 0.25) is 0 Å². The first kappa shape index (κ1) is 16.3. The molecule has 1 aromatic heterocycles. The number of alkyl halides is 3. The van der Waals surface area contributed by atoms with Crippen LogP contribution in [-0.4, -0.2) is 13.1 Å². The van der Waals surface area contributed by atoms with E-state index in [1.165, 1.54) is 12.1 Å². The fourth-order valence-corrected chi connectivity index (χ4v) is 3.70. The second kappa shape index (κ2) is 6.93. The zero-order chi connectivity index (χ0) is 16.3. The Labute approximate surface area is 137 Å². The number of halogens is 3. The smallest absolute Gasteiger partial charge is 0.416 e. The quantitative estimate of drug-likeness (QED) is 0.855. The molecule has 0 bridgehead atoms. The highest BCUT2D eigenvalue weighted by atomic mass is 32.1. The highest BCUT2D eigenvalue weighted by Gasteiger charge is 2.31. The van der Waals surface area contributed by atoms with Crippen molar-refractivity contribution in [1.82, 2.24) is 5.32 Å². The van der Waals surface area contributed by atoms with Crippen molar-refractivity contribution in [2.24, 2.45) is 5.92 Å². The Morgan fingerprint density at radius 3 is 2.35 bits per heavy atom. The molecular formula is C17H18F3NOS. The molecule has 0 aliphatic carbocycles. The van der Waals surface area contributed by atoms with Crippen LogP contribution in [0.4, 0.5) is 13.2 Å². The largest absolute Gasteiger partial charge is 0.485 e. The van der Waals surface area contributed by atoms with Crippen LogP contribution in [0.5, 0.6) is 5.75 Å². The first-order chi connectivity index (χ1) is 11.0. The summed E-state index contributed by atoms with van der Waals surface area (Å²) in [6.45, 7) is 1.89. The lowest BCUT2D eigenvalue weighted by Gasteiger charge is -2.30. The van der Waals surface area contributed by atoms with E-state index in [9.17, 15) is 13.2 Å². The second-order valence-electron chi connectivity index (χ2n) is 5.66. The first-order valence-corrected chi connectivity index (χ1v) is 8.50. The first-order valence-electron chi connectivity index (χ1n) is 7.62. The molecule has 2 nitrogen and oxygen atoms in total. The van der Waals surface area contributed by atoms with E-state index >= 15 is 0 Å². The molecule has 2 aromatic rings. The Hall–Kier alpha value is -1.53. The molecule has 6 heteroatoms. The van der Waals surface area contributed by atoms with Crippen LogP contribution in [0.2, 0.25) is 0 Å². The number of ether oxygens (including phenoxy) is 1. The summed E-state index contributed by atoms with van der Waals surface area (Å²) in [5, 5.41) is 5.33. The molecule has 0 amide bonds. The molecule has 0 radical (unpaired) electrons. The molecule has 1 aliphatic rings. The zero-order valence-electron chi connectivity index (χ0n) is 12.5. The van der Waals surface area contributed by atoms with E-state index in [4.69, 9.17) is 4.74 Å². The third-order valence-corrected chi connectivity index (χ3v) is 5.01. The Morgan fingerprint density at radius 2 is 1.78 bits per heavy atom. The molecule has 2 heterocycles. The van der Waals surface area contributed by atoms with Crippen LogP contribution >= 0.6 is 11.3 Å². The van der Waals surface area contributed by atoms with Gasteiger partial charge in [-0.25, -0.2) is 0 Å². The predicted octanol–water partition coefficient (Wildman–Crippen LogP) is 4.89. The van der Waals surface area contributed by atoms with Gasteiger partial charge in [0.15, 0.2) is 0 Å². The van der Waals surface area contributed by atoms with Gasteiger partial charge in [0, 0.05) is 10.8 Å². The average molecular weight is 341 g/mol. The van der Waals surface area contributed by atoms with E-state index in [1.807, 2.05) is 17.5 Å². The Bertz CT molecular complexity index is 604. The van der Waals surface area contributed by atoms with Gasteiger partial charge in [0.25, 0.3) is 0 Å². The average Bonchev–Trinajstić information content (AvgIpc) is 3.07. The number of thiophene rings is 1. The lowest BCUT2D eigenvalue weighted by Crippen LogP contribution is -2.32.